The average molecular weight is 215 g/mol. The number of aromatic amines is 1. The Balaban J connectivity index is 2.13. The summed E-state index contributed by atoms with van der Waals surface area (Å²) in [7, 11) is -3.74. The smallest absolute Gasteiger partial charge is 0.274 e. The van der Waals surface area contributed by atoms with E-state index in [9.17, 15) is 13.2 Å². The quantitative estimate of drug-likeness (QED) is 0.719. The predicted molar refractivity (Wildman–Crippen MR) is 46.6 cm³/mol. The summed E-state index contributed by atoms with van der Waals surface area (Å²) in [6, 6.07) is 1.29. The molecule has 1 aliphatic rings. The number of nitrogens with one attached hydrogen (secondary N) is 2. The number of carbonyl (C=O) groups excluding carboxylic acids is 1. The molecule has 7 heteroatoms. The zero-order chi connectivity index (χ0) is 10.2. The van der Waals surface area contributed by atoms with Crippen LogP contribution in [0.25, 0.3) is 0 Å². The summed E-state index contributed by atoms with van der Waals surface area (Å²) in [5, 5.41) is 5.70. The van der Waals surface area contributed by atoms with Crippen LogP contribution in [0, 0.1) is 5.92 Å². The Kier molecular flexibility index (Phi) is 2.03. The summed E-state index contributed by atoms with van der Waals surface area (Å²) in [6.07, 6.45) is 2.85. The van der Waals surface area contributed by atoms with Gasteiger partial charge in [-0.05, 0) is 18.9 Å². The molecule has 1 aliphatic carbocycles. The van der Waals surface area contributed by atoms with Crippen molar-refractivity contribution < 1.29 is 13.2 Å². The number of H-pyrrole nitrogens is 1. The molecule has 0 unspecified atom stereocenters. The molecule has 1 heterocycles. The first kappa shape index (κ1) is 9.20. The van der Waals surface area contributed by atoms with E-state index in [1.54, 1.807) is 0 Å². The van der Waals surface area contributed by atoms with Crippen molar-refractivity contribution >= 4 is 15.9 Å². The van der Waals surface area contributed by atoms with Crippen LogP contribution in [0.3, 0.4) is 0 Å². The Morgan fingerprint density at radius 2 is 2.29 bits per heavy atom. The van der Waals surface area contributed by atoms with Crippen LogP contribution < -0.4 is 4.72 Å². The Morgan fingerprint density at radius 3 is 2.79 bits per heavy atom. The molecule has 1 aromatic heterocycles. The van der Waals surface area contributed by atoms with Gasteiger partial charge in [-0.3, -0.25) is 9.89 Å². The maximum Gasteiger partial charge on any atom is 0.280 e. The van der Waals surface area contributed by atoms with Gasteiger partial charge >= 0.3 is 0 Å². The lowest BCUT2D eigenvalue weighted by atomic mass is 10.4. The van der Waals surface area contributed by atoms with Gasteiger partial charge in [0.25, 0.3) is 10.0 Å². The van der Waals surface area contributed by atoms with Gasteiger partial charge in [-0.25, -0.2) is 4.72 Å². The molecule has 14 heavy (non-hydrogen) atoms. The van der Waals surface area contributed by atoms with Crippen molar-refractivity contribution in [3.05, 3.63) is 12.3 Å². The topological polar surface area (TPSA) is 91.9 Å². The second kappa shape index (κ2) is 3.09. The summed E-state index contributed by atoms with van der Waals surface area (Å²) in [4.78, 5) is 11.2. The van der Waals surface area contributed by atoms with Gasteiger partial charge in [-0.15, -0.1) is 0 Å². The first-order valence-electron chi connectivity index (χ1n) is 4.15. The fourth-order valence-electron chi connectivity index (χ4n) is 1.01. The van der Waals surface area contributed by atoms with Crippen molar-refractivity contribution in [1.82, 2.24) is 14.9 Å². The molecule has 2 rings (SSSR count). The number of rotatable bonds is 3. The molecule has 1 saturated carbocycles. The van der Waals surface area contributed by atoms with Crippen molar-refractivity contribution in [3.63, 3.8) is 0 Å². The monoisotopic (exact) mass is 215 g/mol. The van der Waals surface area contributed by atoms with E-state index in [0.717, 1.165) is 12.8 Å². The molecule has 6 nitrogen and oxygen atoms in total. The van der Waals surface area contributed by atoms with E-state index in [0.29, 0.717) is 0 Å². The molecular formula is C7H9N3O3S. The van der Waals surface area contributed by atoms with Crippen LogP contribution in [0.4, 0.5) is 0 Å². The molecule has 2 N–H and O–H groups in total. The second-order valence-electron chi connectivity index (χ2n) is 3.16. The van der Waals surface area contributed by atoms with Crippen LogP contribution in [0.5, 0.6) is 0 Å². The largest absolute Gasteiger partial charge is 0.280 e. The van der Waals surface area contributed by atoms with Crippen LogP contribution in [-0.4, -0.2) is 24.5 Å². The van der Waals surface area contributed by atoms with Gasteiger partial charge in [-0.1, -0.05) is 0 Å². The minimum atomic E-state index is -3.74. The third-order valence-electron chi connectivity index (χ3n) is 1.95. The molecule has 0 radical (unpaired) electrons. The number of sulfonamides is 1. The van der Waals surface area contributed by atoms with Crippen LogP contribution >= 0.6 is 0 Å². The van der Waals surface area contributed by atoms with Crippen LogP contribution in [0.1, 0.15) is 12.8 Å². The number of carbonyl (C=O) groups is 1. The van der Waals surface area contributed by atoms with Crippen molar-refractivity contribution in [2.24, 2.45) is 5.92 Å². The van der Waals surface area contributed by atoms with Gasteiger partial charge < -0.3 is 0 Å². The Bertz CT molecular complexity index is 433. The molecule has 1 fully saturated rings. The summed E-state index contributed by atoms with van der Waals surface area (Å²) < 4.78 is 24.8. The van der Waals surface area contributed by atoms with Crippen LogP contribution in [0.15, 0.2) is 17.3 Å². The SMILES string of the molecule is O=C(NS(=O)(=O)c1ccn[nH]1)C1CC1. The normalized spacial score (nSPS) is 16.6. The summed E-state index contributed by atoms with van der Waals surface area (Å²) >= 11 is 0. The second-order valence-corrected chi connectivity index (χ2v) is 4.82. The van der Waals surface area contributed by atoms with Crippen LogP contribution in [-0.2, 0) is 14.8 Å². The molecular weight excluding hydrogens is 206 g/mol. The lowest BCUT2D eigenvalue weighted by Crippen LogP contribution is -2.31. The van der Waals surface area contributed by atoms with Gasteiger partial charge in [0.2, 0.25) is 5.91 Å². The number of hydrogen-bond donors (Lipinski definition) is 2. The van der Waals surface area contributed by atoms with Gasteiger partial charge in [-0.2, -0.15) is 13.5 Å². The Hall–Kier alpha value is -1.37. The fraction of sp³-hybridized carbons (Fsp3) is 0.429. The highest BCUT2D eigenvalue weighted by Gasteiger charge is 2.32. The van der Waals surface area contributed by atoms with E-state index in [2.05, 4.69) is 10.2 Å². The zero-order valence-electron chi connectivity index (χ0n) is 7.23. The van der Waals surface area contributed by atoms with E-state index in [1.807, 2.05) is 4.72 Å². The van der Waals surface area contributed by atoms with Gasteiger partial charge in [0.15, 0.2) is 5.03 Å². The number of aromatic nitrogens is 2. The molecule has 0 bridgehead atoms. The molecule has 76 valence electrons. The van der Waals surface area contributed by atoms with Crippen molar-refractivity contribution in [2.75, 3.05) is 0 Å². The number of hydrogen-bond acceptors (Lipinski definition) is 4. The molecule has 1 amide bonds. The molecule has 0 spiro atoms. The van der Waals surface area contributed by atoms with Gasteiger partial charge in [0, 0.05) is 5.92 Å². The van der Waals surface area contributed by atoms with E-state index < -0.39 is 15.9 Å². The summed E-state index contributed by atoms with van der Waals surface area (Å²) in [6.45, 7) is 0. The molecule has 0 saturated heterocycles. The van der Waals surface area contributed by atoms with Gasteiger partial charge in [0.05, 0.1) is 6.20 Å². The molecule has 0 atom stereocenters. The van der Waals surface area contributed by atoms with Crippen molar-refractivity contribution in [1.29, 1.82) is 0 Å². The highest BCUT2D eigenvalue weighted by Crippen LogP contribution is 2.29. The highest BCUT2D eigenvalue weighted by atomic mass is 32.2. The molecule has 1 aromatic rings. The van der Waals surface area contributed by atoms with Crippen molar-refractivity contribution in [2.45, 2.75) is 17.9 Å². The highest BCUT2D eigenvalue weighted by molar-refractivity contribution is 7.90. The van der Waals surface area contributed by atoms with E-state index in [1.165, 1.54) is 12.3 Å². The minimum absolute atomic E-state index is 0.0912. The number of amides is 1. The molecule has 0 aromatic carbocycles. The van der Waals surface area contributed by atoms with Crippen molar-refractivity contribution in [3.8, 4) is 0 Å². The fourth-order valence-corrected chi connectivity index (χ4v) is 1.96. The third-order valence-corrected chi connectivity index (χ3v) is 3.22. The lowest BCUT2D eigenvalue weighted by molar-refractivity contribution is -0.120. The number of nitrogens with zero attached hydrogens (tertiary/aromatic N) is 1. The first-order valence-corrected chi connectivity index (χ1v) is 5.64. The third kappa shape index (κ3) is 1.77. The molecule has 0 aliphatic heterocycles. The first-order chi connectivity index (χ1) is 6.59. The maximum atomic E-state index is 11.4. The van der Waals surface area contributed by atoms with E-state index in [-0.39, 0.29) is 10.9 Å². The van der Waals surface area contributed by atoms with E-state index in [4.69, 9.17) is 0 Å². The predicted octanol–water partition coefficient (Wildman–Crippen LogP) is -0.375. The zero-order valence-corrected chi connectivity index (χ0v) is 8.04. The maximum absolute atomic E-state index is 11.4. The average Bonchev–Trinajstić information content (AvgIpc) is 2.80. The van der Waals surface area contributed by atoms with Crippen LogP contribution in [0.2, 0.25) is 0 Å². The summed E-state index contributed by atoms with van der Waals surface area (Å²) in [5.41, 5.74) is 0. The standard InChI is InChI=1S/C7H9N3O3S/c11-7(5-1-2-5)10-14(12,13)6-3-4-8-9-6/h3-5H,1-2H2,(H,8,9)(H,10,11). The van der Waals surface area contributed by atoms with E-state index >= 15 is 0 Å². The van der Waals surface area contributed by atoms with Gasteiger partial charge in [0.1, 0.15) is 0 Å². The Labute approximate surface area is 80.8 Å². The Morgan fingerprint density at radius 1 is 1.57 bits per heavy atom. The lowest BCUT2D eigenvalue weighted by Gasteiger charge is -2.02. The summed E-state index contributed by atoms with van der Waals surface area (Å²) in [5.74, 6) is -0.563. The minimum Gasteiger partial charge on any atom is -0.274 e.